The lowest BCUT2D eigenvalue weighted by molar-refractivity contribution is -0.129. The molecule has 1 heterocycles. The van der Waals surface area contributed by atoms with E-state index in [4.69, 9.17) is 18.9 Å². The van der Waals surface area contributed by atoms with Crippen LogP contribution in [0.1, 0.15) is 0 Å². The maximum atomic E-state index is 12.2. The molecule has 0 bridgehead atoms. The minimum atomic E-state index is -0.670. The summed E-state index contributed by atoms with van der Waals surface area (Å²) in [4.78, 5) is 20.0. The molecule has 0 atom stereocenters. The third-order valence-electron chi connectivity index (χ3n) is 3.48. The number of para-hydroxylation sites is 3. The molecule has 3 rings (SSSR count). The van der Waals surface area contributed by atoms with Crippen LogP contribution in [0.2, 0.25) is 0 Å². The predicted octanol–water partition coefficient (Wildman–Crippen LogP) is 4.38. The molecule has 29 heavy (non-hydrogen) atoms. The maximum absolute atomic E-state index is 12.2. The standard InChI is InChI=1S/C20H17N3O5S/c1-25-12-10-19(24)28-20-16(26-15-6-3-2-5-14(15)23-29)7-4-8-17(20)27-18-9-11-21-13-22-18/h2-13,23,29H,1H3. The molecule has 0 aliphatic carbocycles. The molecule has 2 aromatic carbocycles. The molecule has 8 nitrogen and oxygen atoms in total. The van der Waals surface area contributed by atoms with Crippen LogP contribution < -0.4 is 18.9 Å². The number of nitrogens with zero attached hydrogens (tertiary/aromatic N) is 2. The van der Waals surface area contributed by atoms with Crippen molar-refractivity contribution in [1.82, 2.24) is 9.97 Å². The first kappa shape index (κ1) is 20.0. The van der Waals surface area contributed by atoms with E-state index < -0.39 is 5.97 Å². The molecule has 0 aliphatic rings. The van der Waals surface area contributed by atoms with Gasteiger partial charge in [0.1, 0.15) is 6.33 Å². The number of benzene rings is 2. The Hall–Kier alpha value is -3.72. The van der Waals surface area contributed by atoms with Gasteiger partial charge in [0, 0.05) is 12.3 Å². The molecule has 148 valence electrons. The Morgan fingerprint density at radius 3 is 2.52 bits per heavy atom. The van der Waals surface area contributed by atoms with Gasteiger partial charge in [0.15, 0.2) is 17.2 Å². The van der Waals surface area contributed by atoms with Gasteiger partial charge in [-0.25, -0.2) is 14.8 Å². The van der Waals surface area contributed by atoms with Gasteiger partial charge in [0.2, 0.25) is 11.6 Å². The summed E-state index contributed by atoms with van der Waals surface area (Å²) in [6.07, 6.45) is 5.22. The van der Waals surface area contributed by atoms with Gasteiger partial charge >= 0.3 is 5.97 Å². The van der Waals surface area contributed by atoms with Gasteiger partial charge in [0.05, 0.1) is 25.1 Å². The van der Waals surface area contributed by atoms with Gasteiger partial charge in [-0.2, -0.15) is 0 Å². The lowest BCUT2D eigenvalue weighted by Gasteiger charge is -2.16. The van der Waals surface area contributed by atoms with Crippen molar-refractivity contribution < 1.29 is 23.7 Å². The van der Waals surface area contributed by atoms with E-state index in [-0.39, 0.29) is 23.1 Å². The molecule has 0 saturated heterocycles. The molecule has 0 amide bonds. The van der Waals surface area contributed by atoms with Gasteiger partial charge in [-0.05, 0) is 24.3 Å². The fourth-order valence-electron chi connectivity index (χ4n) is 2.23. The first-order valence-electron chi connectivity index (χ1n) is 8.36. The molecule has 0 unspecified atom stereocenters. The Balaban J connectivity index is 1.98. The van der Waals surface area contributed by atoms with Gasteiger partial charge < -0.3 is 23.7 Å². The topological polar surface area (TPSA) is 91.8 Å². The Labute approximate surface area is 172 Å². The van der Waals surface area contributed by atoms with Crippen molar-refractivity contribution >= 4 is 24.5 Å². The molecule has 0 spiro atoms. The summed E-state index contributed by atoms with van der Waals surface area (Å²) in [7, 11) is 1.42. The predicted molar refractivity (Wildman–Crippen MR) is 109 cm³/mol. The van der Waals surface area contributed by atoms with Crippen molar-refractivity contribution in [3.8, 4) is 28.9 Å². The highest BCUT2D eigenvalue weighted by molar-refractivity contribution is 7.81. The van der Waals surface area contributed by atoms with E-state index in [9.17, 15) is 4.79 Å². The molecule has 0 radical (unpaired) electrons. The fourth-order valence-corrected chi connectivity index (χ4v) is 2.42. The number of rotatable bonds is 8. The molecular weight excluding hydrogens is 394 g/mol. The van der Waals surface area contributed by atoms with Gasteiger partial charge in [0.25, 0.3) is 0 Å². The number of methoxy groups -OCH3 is 1. The third kappa shape index (κ3) is 5.39. The number of carbonyl (C=O) groups excluding carboxylic acids is 1. The molecule has 1 aromatic heterocycles. The molecular formula is C20H17N3O5S. The SMILES string of the molecule is COC=CC(=O)Oc1c(Oc2ccncn2)cccc1Oc1ccccc1NS. The van der Waals surface area contributed by atoms with Gasteiger partial charge in [-0.3, -0.25) is 0 Å². The zero-order valence-corrected chi connectivity index (χ0v) is 16.2. The van der Waals surface area contributed by atoms with E-state index in [2.05, 4.69) is 27.5 Å². The van der Waals surface area contributed by atoms with Crippen molar-refractivity contribution in [3.05, 3.63) is 73.4 Å². The van der Waals surface area contributed by atoms with Gasteiger partial charge in [-0.15, -0.1) is 0 Å². The van der Waals surface area contributed by atoms with Crippen LogP contribution >= 0.6 is 12.8 Å². The second-order valence-corrected chi connectivity index (χ2v) is 5.63. The average Bonchev–Trinajstić information content (AvgIpc) is 2.75. The maximum Gasteiger partial charge on any atom is 0.339 e. The molecule has 0 fully saturated rings. The number of hydrogen-bond donors (Lipinski definition) is 2. The Bertz CT molecular complexity index is 998. The van der Waals surface area contributed by atoms with Crippen LogP contribution in [0.3, 0.4) is 0 Å². The summed E-state index contributed by atoms with van der Waals surface area (Å²) < 4.78 is 24.7. The number of anilines is 1. The van der Waals surface area contributed by atoms with Crippen LogP contribution in [0.15, 0.2) is 73.4 Å². The number of thiol groups is 1. The van der Waals surface area contributed by atoms with Crippen molar-refractivity contribution in [3.63, 3.8) is 0 Å². The van der Waals surface area contributed by atoms with E-state index in [0.717, 1.165) is 6.08 Å². The molecule has 1 N–H and O–H groups in total. The average molecular weight is 411 g/mol. The van der Waals surface area contributed by atoms with E-state index in [1.165, 1.54) is 25.9 Å². The van der Waals surface area contributed by atoms with Crippen LogP contribution in [0.5, 0.6) is 28.9 Å². The number of hydrogen-bond acceptors (Lipinski definition) is 9. The summed E-state index contributed by atoms with van der Waals surface area (Å²) in [6.45, 7) is 0. The first-order chi connectivity index (χ1) is 14.2. The third-order valence-corrected chi connectivity index (χ3v) is 3.72. The quantitative estimate of drug-likeness (QED) is 0.185. The summed E-state index contributed by atoms with van der Waals surface area (Å²) in [5, 5.41) is 0. The first-order valence-corrected chi connectivity index (χ1v) is 8.81. The number of aromatic nitrogens is 2. The Kier molecular flexibility index (Phi) is 6.90. The molecule has 3 aromatic rings. The summed E-state index contributed by atoms with van der Waals surface area (Å²) in [5.41, 5.74) is 0.634. The summed E-state index contributed by atoms with van der Waals surface area (Å²) in [5.74, 6) is 0.649. The van der Waals surface area contributed by atoms with Gasteiger partial charge in [-0.1, -0.05) is 31.0 Å². The minimum absolute atomic E-state index is 0.0748. The van der Waals surface area contributed by atoms with E-state index in [1.54, 1.807) is 42.5 Å². The monoisotopic (exact) mass is 411 g/mol. The van der Waals surface area contributed by atoms with Crippen molar-refractivity contribution in [2.45, 2.75) is 0 Å². The smallest absolute Gasteiger partial charge is 0.339 e. The fraction of sp³-hybridized carbons (Fsp3) is 0.0500. The Morgan fingerprint density at radius 2 is 1.79 bits per heavy atom. The zero-order valence-electron chi connectivity index (χ0n) is 15.3. The normalized spacial score (nSPS) is 10.4. The Morgan fingerprint density at radius 1 is 1.03 bits per heavy atom. The molecule has 0 saturated carbocycles. The number of esters is 1. The highest BCUT2D eigenvalue weighted by atomic mass is 32.1. The zero-order chi connectivity index (χ0) is 20.5. The number of carbonyl (C=O) groups is 1. The highest BCUT2D eigenvalue weighted by Crippen LogP contribution is 2.42. The lowest BCUT2D eigenvalue weighted by atomic mass is 10.2. The largest absolute Gasteiger partial charge is 0.504 e. The van der Waals surface area contributed by atoms with Crippen molar-refractivity contribution in [2.75, 3.05) is 11.8 Å². The van der Waals surface area contributed by atoms with Crippen LogP contribution in [0.25, 0.3) is 0 Å². The minimum Gasteiger partial charge on any atom is -0.504 e. The van der Waals surface area contributed by atoms with E-state index >= 15 is 0 Å². The van der Waals surface area contributed by atoms with E-state index in [0.29, 0.717) is 11.4 Å². The van der Waals surface area contributed by atoms with Crippen LogP contribution in [-0.2, 0) is 9.53 Å². The summed E-state index contributed by atoms with van der Waals surface area (Å²) in [6, 6.07) is 13.7. The molecule has 9 heteroatoms. The molecule has 0 aliphatic heterocycles. The number of nitrogens with one attached hydrogen (secondary N) is 1. The lowest BCUT2D eigenvalue weighted by Crippen LogP contribution is -2.06. The van der Waals surface area contributed by atoms with Crippen LogP contribution in [-0.4, -0.2) is 23.0 Å². The highest BCUT2D eigenvalue weighted by Gasteiger charge is 2.18. The second-order valence-electron chi connectivity index (χ2n) is 5.40. The van der Waals surface area contributed by atoms with E-state index in [1.807, 2.05) is 6.07 Å². The number of ether oxygens (including phenoxy) is 4. The summed E-state index contributed by atoms with van der Waals surface area (Å²) >= 11 is 4.08. The second kappa shape index (κ2) is 10.00. The van der Waals surface area contributed by atoms with Crippen LogP contribution in [0, 0.1) is 0 Å². The van der Waals surface area contributed by atoms with Crippen LogP contribution in [0.4, 0.5) is 5.69 Å². The van der Waals surface area contributed by atoms with Crippen molar-refractivity contribution in [1.29, 1.82) is 0 Å². The van der Waals surface area contributed by atoms with Crippen molar-refractivity contribution in [2.24, 2.45) is 0 Å².